The van der Waals surface area contributed by atoms with Crippen LogP contribution in [0.1, 0.15) is 9.67 Å². The second-order valence-corrected chi connectivity index (χ2v) is 3.81. The lowest BCUT2D eigenvalue weighted by atomic mass is 10.1. The highest BCUT2D eigenvalue weighted by Gasteiger charge is 2.06. The van der Waals surface area contributed by atoms with Crippen LogP contribution in [-0.4, -0.2) is 5.91 Å². The second-order valence-electron chi connectivity index (χ2n) is 2.89. The summed E-state index contributed by atoms with van der Waals surface area (Å²) in [5.74, 6) is -0.614. The summed E-state index contributed by atoms with van der Waals surface area (Å²) in [6, 6.07) is 11.6. The third-order valence-electron chi connectivity index (χ3n) is 1.93. The molecular formula is C11H8NOS. The van der Waals surface area contributed by atoms with E-state index in [1.807, 2.05) is 35.7 Å². The van der Waals surface area contributed by atoms with Gasteiger partial charge in [0.1, 0.15) is 0 Å². The summed E-state index contributed by atoms with van der Waals surface area (Å²) in [6.45, 7) is 0. The average molecular weight is 202 g/mol. The van der Waals surface area contributed by atoms with Gasteiger partial charge in [-0.15, -0.1) is 11.3 Å². The van der Waals surface area contributed by atoms with Crippen molar-refractivity contribution in [3.63, 3.8) is 0 Å². The first-order valence-electron chi connectivity index (χ1n) is 4.17. The second kappa shape index (κ2) is 3.64. The van der Waals surface area contributed by atoms with E-state index in [2.05, 4.69) is 0 Å². The Kier molecular flexibility index (Phi) is 2.33. The van der Waals surface area contributed by atoms with Gasteiger partial charge in [-0.05, 0) is 22.6 Å². The first-order valence-corrected chi connectivity index (χ1v) is 5.05. The molecular weight excluding hydrogens is 194 g/mol. The van der Waals surface area contributed by atoms with E-state index < -0.39 is 5.91 Å². The molecule has 0 aliphatic heterocycles. The average Bonchev–Trinajstić information content (AvgIpc) is 2.68. The van der Waals surface area contributed by atoms with E-state index in [0.29, 0.717) is 4.88 Å². The lowest BCUT2D eigenvalue weighted by Crippen LogP contribution is -1.93. The number of carbonyl (C=O) groups is 1. The van der Waals surface area contributed by atoms with Gasteiger partial charge in [0, 0.05) is 0 Å². The molecule has 0 saturated heterocycles. The maximum absolute atomic E-state index is 10.8. The summed E-state index contributed by atoms with van der Waals surface area (Å²) in [4.78, 5) is 11.3. The van der Waals surface area contributed by atoms with Crippen molar-refractivity contribution in [3.8, 4) is 11.1 Å². The van der Waals surface area contributed by atoms with Gasteiger partial charge in [-0.25, -0.2) is 0 Å². The van der Waals surface area contributed by atoms with Crippen LogP contribution >= 0.6 is 11.3 Å². The predicted octanol–water partition coefficient (Wildman–Crippen LogP) is 2.84. The van der Waals surface area contributed by atoms with E-state index in [0.717, 1.165) is 11.1 Å². The minimum absolute atomic E-state index is 0.490. The van der Waals surface area contributed by atoms with Gasteiger partial charge >= 0.3 is 0 Å². The third kappa shape index (κ3) is 1.67. The molecule has 0 aliphatic rings. The SMILES string of the molecule is [NH]C(=O)c1cc(-c2ccccc2)cs1. The zero-order chi connectivity index (χ0) is 9.97. The van der Waals surface area contributed by atoms with E-state index in [9.17, 15) is 4.79 Å². The lowest BCUT2D eigenvalue weighted by Gasteiger charge is -1.94. The van der Waals surface area contributed by atoms with Crippen LogP contribution in [-0.2, 0) is 0 Å². The summed E-state index contributed by atoms with van der Waals surface area (Å²) in [7, 11) is 0. The quantitative estimate of drug-likeness (QED) is 0.738. The highest BCUT2D eigenvalue weighted by atomic mass is 32.1. The monoisotopic (exact) mass is 202 g/mol. The molecule has 2 rings (SSSR count). The number of hydrogen-bond donors (Lipinski definition) is 0. The predicted molar refractivity (Wildman–Crippen MR) is 57.2 cm³/mol. The fourth-order valence-electron chi connectivity index (χ4n) is 1.24. The Balaban J connectivity index is 2.39. The fraction of sp³-hybridized carbons (Fsp3) is 0. The van der Waals surface area contributed by atoms with Crippen LogP contribution < -0.4 is 5.73 Å². The highest BCUT2D eigenvalue weighted by molar-refractivity contribution is 7.12. The van der Waals surface area contributed by atoms with Crippen molar-refractivity contribution < 1.29 is 4.79 Å². The molecule has 0 unspecified atom stereocenters. The molecule has 69 valence electrons. The van der Waals surface area contributed by atoms with E-state index in [1.54, 1.807) is 6.07 Å². The van der Waals surface area contributed by atoms with Crippen molar-refractivity contribution in [2.75, 3.05) is 0 Å². The Morgan fingerprint density at radius 1 is 1.14 bits per heavy atom. The molecule has 0 fully saturated rings. The Hall–Kier alpha value is -1.61. The number of benzene rings is 1. The van der Waals surface area contributed by atoms with Gasteiger partial charge in [-0.2, -0.15) is 0 Å². The van der Waals surface area contributed by atoms with Gasteiger partial charge in [-0.3, -0.25) is 10.5 Å². The molecule has 1 N–H and O–H groups in total. The summed E-state index contributed by atoms with van der Waals surface area (Å²) < 4.78 is 0. The Labute approximate surface area is 86.0 Å². The number of rotatable bonds is 2. The molecule has 1 radical (unpaired) electrons. The van der Waals surface area contributed by atoms with Crippen LogP contribution in [0.4, 0.5) is 0 Å². The van der Waals surface area contributed by atoms with Crippen LogP contribution in [0.3, 0.4) is 0 Å². The highest BCUT2D eigenvalue weighted by Crippen LogP contribution is 2.24. The summed E-state index contributed by atoms with van der Waals surface area (Å²) in [5.41, 5.74) is 9.05. The van der Waals surface area contributed by atoms with Crippen LogP contribution in [0.5, 0.6) is 0 Å². The molecule has 0 atom stereocenters. The number of hydrogen-bond acceptors (Lipinski definition) is 2. The zero-order valence-corrected chi connectivity index (χ0v) is 8.17. The van der Waals surface area contributed by atoms with Crippen molar-refractivity contribution in [3.05, 3.63) is 46.7 Å². The molecule has 0 saturated carbocycles. The van der Waals surface area contributed by atoms with Crippen LogP contribution in [0, 0.1) is 0 Å². The zero-order valence-electron chi connectivity index (χ0n) is 7.36. The fourth-order valence-corrected chi connectivity index (χ4v) is 2.00. The van der Waals surface area contributed by atoms with Crippen molar-refractivity contribution in [1.82, 2.24) is 5.73 Å². The van der Waals surface area contributed by atoms with Gasteiger partial charge in [-0.1, -0.05) is 30.3 Å². The Bertz CT molecular complexity index is 447. The first-order chi connectivity index (χ1) is 6.77. The lowest BCUT2D eigenvalue weighted by molar-refractivity contribution is 0.0996. The molecule has 2 aromatic rings. The Morgan fingerprint density at radius 2 is 1.86 bits per heavy atom. The maximum Gasteiger partial charge on any atom is 0.279 e. The van der Waals surface area contributed by atoms with E-state index >= 15 is 0 Å². The van der Waals surface area contributed by atoms with Crippen molar-refractivity contribution in [2.45, 2.75) is 0 Å². The maximum atomic E-state index is 10.8. The minimum atomic E-state index is -0.614. The molecule has 0 aliphatic carbocycles. The topological polar surface area (TPSA) is 40.9 Å². The summed E-state index contributed by atoms with van der Waals surface area (Å²) in [6.07, 6.45) is 0. The molecule has 3 heteroatoms. The number of thiophene rings is 1. The molecule has 0 bridgehead atoms. The van der Waals surface area contributed by atoms with E-state index in [1.165, 1.54) is 11.3 Å². The normalized spacial score (nSPS) is 10.0. The van der Waals surface area contributed by atoms with Gasteiger partial charge in [0.2, 0.25) is 0 Å². The van der Waals surface area contributed by atoms with Crippen LogP contribution in [0.25, 0.3) is 11.1 Å². The standard InChI is InChI=1S/C11H8NOS/c12-11(13)10-6-9(7-14-10)8-4-2-1-3-5-8/h1-7,12H. The van der Waals surface area contributed by atoms with Gasteiger partial charge in [0.05, 0.1) is 4.88 Å². The largest absolute Gasteiger partial charge is 0.279 e. The van der Waals surface area contributed by atoms with Gasteiger partial charge in [0.25, 0.3) is 5.91 Å². The number of amides is 1. The van der Waals surface area contributed by atoms with E-state index in [4.69, 9.17) is 5.73 Å². The van der Waals surface area contributed by atoms with Crippen molar-refractivity contribution >= 4 is 17.2 Å². The van der Waals surface area contributed by atoms with E-state index in [-0.39, 0.29) is 0 Å². The van der Waals surface area contributed by atoms with Gasteiger partial charge < -0.3 is 0 Å². The molecule has 1 heterocycles. The van der Waals surface area contributed by atoms with Crippen molar-refractivity contribution in [1.29, 1.82) is 0 Å². The first kappa shape index (κ1) is 8.97. The van der Waals surface area contributed by atoms with Crippen LogP contribution in [0.15, 0.2) is 41.8 Å². The summed E-state index contributed by atoms with van der Waals surface area (Å²) in [5, 5.41) is 1.90. The van der Waals surface area contributed by atoms with Gasteiger partial charge in [0.15, 0.2) is 0 Å². The van der Waals surface area contributed by atoms with Crippen LogP contribution in [0.2, 0.25) is 0 Å². The number of carbonyl (C=O) groups excluding carboxylic acids is 1. The molecule has 2 nitrogen and oxygen atoms in total. The molecule has 1 aromatic heterocycles. The smallest absolute Gasteiger partial charge is 0.266 e. The molecule has 1 amide bonds. The number of nitrogens with one attached hydrogen (secondary N) is 1. The third-order valence-corrected chi connectivity index (χ3v) is 2.86. The minimum Gasteiger partial charge on any atom is -0.266 e. The molecule has 1 aromatic carbocycles. The van der Waals surface area contributed by atoms with Crippen molar-refractivity contribution in [2.24, 2.45) is 0 Å². The Morgan fingerprint density at radius 3 is 2.43 bits per heavy atom. The summed E-state index contributed by atoms with van der Waals surface area (Å²) >= 11 is 1.32. The molecule has 14 heavy (non-hydrogen) atoms. The molecule has 0 spiro atoms.